The number of pyridine rings is 1. The summed E-state index contributed by atoms with van der Waals surface area (Å²) in [5.41, 5.74) is 2.09. The predicted octanol–water partition coefficient (Wildman–Crippen LogP) is 3.85. The molecule has 2 aromatic carbocycles. The third kappa shape index (κ3) is 5.18. The first-order chi connectivity index (χ1) is 15.9. The number of Topliss-reactive ketones (excluding diaryl/α,β-unsaturated/α-hetero) is 1. The summed E-state index contributed by atoms with van der Waals surface area (Å²) in [5.74, 6) is -1.60. The SMILES string of the molecule is Cc1ccc(C(=O)COC(=O)c2ccc(N3C(=O)CC(Sc4ccccn4)C3=O)cc2)cc1. The molecule has 1 fully saturated rings. The van der Waals surface area contributed by atoms with Crippen LogP contribution in [-0.4, -0.2) is 40.4 Å². The number of nitrogens with zero attached hydrogens (tertiary/aromatic N) is 2. The highest BCUT2D eigenvalue weighted by molar-refractivity contribution is 8.00. The van der Waals surface area contributed by atoms with E-state index < -0.39 is 11.2 Å². The highest BCUT2D eigenvalue weighted by atomic mass is 32.2. The van der Waals surface area contributed by atoms with Gasteiger partial charge in [-0.3, -0.25) is 14.4 Å². The Labute approximate surface area is 194 Å². The fraction of sp³-hybridized carbons (Fsp3) is 0.160. The van der Waals surface area contributed by atoms with E-state index in [1.807, 2.05) is 25.1 Å². The fourth-order valence-electron chi connectivity index (χ4n) is 3.31. The largest absolute Gasteiger partial charge is 0.454 e. The summed E-state index contributed by atoms with van der Waals surface area (Å²) in [7, 11) is 0. The monoisotopic (exact) mass is 460 g/mol. The van der Waals surface area contributed by atoms with E-state index in [1.165, 1.54) is 36.0 Å². The van der Waals surface area contributed by atoms with Gasteiger partial charge in [-0.2, -0.15) is 0 Å². The highest BCUT2D eigenvalue weighted by Gasteiger charge is 2.40. The van der Waals surface area contributed by atoms with E-state index >= 15 is 0 Å². The molecule has 7 nitrogen and oxygen atoms in total. The van der Waals surface area contributed by atoms with Crippen molar-refractivity contribution in [3.63, 3.8) is 0 Å². The maximum Gasteiger partial charge on any atom is 0.338 e. The van der Waals surface area contributed by atoms with E-state index in [-0.39, 0.29) is 36.2 Å². The van der Waals surface area contributed by atoms with Crippen LogP contribution in [0.3, 0.4) is 0 Å². The number of carbonyl (C=O) groups excluding carboxylic acids is 4. The van der Waals surface area contributed by atoms with Gasteiger partial charge in [-0.05, 0) is 43.3 Å². The van der Waals surface area contributed by atoms with Crippen LogP contribution in [0.2, 0.25) is 0 Å². The average molecular weight is 461 g/mol. The van der Waals surface area contributed by atoms with Gasteiger partial charge in [0.05, 0.1) is 21.5 Å². The Morgan fingerprint density at radius 1 is 1.00 bits per heavy atom. The highest BCUT2D eigenvalue weighted by Crippen LogP contribution is 2.33. The van der Waals surface area contributed by atoms with Crippen LogP contribution < -0.4 is 4.90 Å². The number of imide groups is 1. The minimum atomic E-state index is -0.662. The Bertz CT molecular complexity index is 1190. The quantitative estimate of drug-likeness (QED) is 0.300. The number of aromatic nitrogens is 1. The van der Waals surface area contributed by atoms with Crippen LogP contribution in [0.5, 0.6) is 0 Å². The third-order valence-electron chi connectivity index (χ3n) is 5.08. The van der Waals surface area contributed by atoms with Gasteiger partial charge in [-0.1, -0.05) is 47.7 Å². The van der Waals surface area contributed by atoms with Gasteiger partial charge in [0, 0.05) is 18.2 Å². The Kier molecular flexibility index (Phi) is 6.65. The Hall–Kier alpha value is -3.78. The first kappa shape index (κ1) is 22.4. The number of amides is 2. The maximum atomic E-state index is 12.8. The number of rotatable bonds is 7. The van der Waals surface area contributed by atoms with E-state index in [1.54, 1.807) is 30.5 Å². The van der Waals surface area contributed by atoms with Crippen LogP contribution >= 0.6 is 11.8 Å². The number of hydrogen-bond acceptors (Lipinski definition) is 7. The Morgan fingerprint density at radius 2 is 1.70 bits per heavy atom. The molecule has 2 amide bonds. The van der Waals surface area contributed by atoms with E-state index in [2.05, 4.69) is 4.98 Å². The first-order valence-corrected chi connectivity index (χ1v) is 11.1. The van der Waals surface area contributed by atoms with Crippen molar-refractivity contribution in [3.8, 4) is 0 Å². The van der Waals surface area contributed by atoms with Gasteiger partial charge in [-0.25, -0.2) is 14.7 Å². The van der Waals surface area contributed by atoms with E-state index in [9.17, 15) is 19.2 Å². The summed E-state index contributed by atoms with van der Waals surface area (Å²) in [4.78, 5) is 55.1. The third-order valence-corrected chi connectivity index (χ3v) is 6.21. The molecule has 0 radical (unpaired) electrons. The predicted molar refractivity (Wildman–Crippen MR) is 123 cm³/mol. The van der Waals surface area contributed by atoms with Crippen molar-refractivity contribution >= 4 is 41.0 Å². The second-order valence-corrected chi connectivity index (χ2v) is 8.68. The zero-order chi connectivity index (χ0) is 23.4. The standard InChI is InChI=1S/C25H20N2O5S/c1-16-5-7-17(8-6-16)20(28)15-32-25(31)18-9-11-19(12-10-18)27-23(29)14-21(24(27)30)33-22-4-2-3-13-26-22/h2-13,21H,14-15H2,1H3. The van der Waals surface area contributed by atoms with Crippen LogP contribution in [0.1, 0.15) is 32.7 Å². The van der Waals surface area contributed by atoms with Crippen molar-refractivity contribution in [1.82, 2.24) is 4.98 Å². The lowest BCUT2D eigenvalue weighted by atomic mass is 10.1. The normalized spacial score (nSPS) is 15.5. The number of benzene rings is 2. The molecule has 1 saturated heterocycles. The van der Waals surface area contributed by atoms with Crippen molar-refractivity contribution in [2.75, 3.05) is 11.5 Å². The zero-order valence-corrected chi connectivity index (χ0v) is 18.6. The van der Waals surface area contributed by atoms with Crippen LogP contribution in [0.15, 0.2) is 78.0 Å². The number of thioether (sulfide) groups is 1. The van der Waals surface area contributed by atoms with Gasteiger partial charge in [0.2, 0.25) is 11.8 Å². The summed E-state index contributed by atoms with van der Waals surface area (Å²) in [6.07, 6.45) is 1.71. The van der Waals surface area contributed by atoms with Gasteiger partial charge >= 0.3 is 5.97 Å². The number of ether oxygens (including phenoxy) is 1. The lowest BCUT2D eigenvalue weighted by molar-refractivity contribution is -0.121. The summed E-state index contributed by atoms with van der Waals surface area (Å²) < 4.78 is 5.12. The molecule has 1 atom stereocenters. The summed E-state index contributed by atoms with van der Waals surface area (Å²) in [6.45, 7) is 1.54. The van der Waals surface area contributed by atoms with Crippen molar-refractivity contribution in [2.45, 2.75) is 23.6 Å². The molecule has 1 aliphatic rings. The molecule has 33 heavy (non-hydrogen) atoms. The molecule has 0 aliphatic carbocycles. The number of esters is 1. The van der Waals surface area contributed by atoms with Crippen molar-refractivity contribution in [3.05, 3.63) is 89.6 Å². The molecule has 0 spiro atoms. The van der Waals surface area contributed by atoms with E-state index in [4.69, 9.17) is 4.74 Å². The lowest BCUT2D eigenvalue weighted by Gasteiger charge is -2.15. The summed E-state index contributed by atoms with van der Waals surface area (Å²) >= 11 is 1.25. The number of carbonyl (C=O) groups is 4. The zero-order valence-electron chi connectivity index (χ0n) is 17.8. The first-order valence-electron chi connectivity index (χ1n) is 10.2. The molecule has 8 heteroatoms. The minimum Gasteiger partial charge on any atom is -0.454 e. The van der Waals surface area contributed by atoms with Gasteiger partial charge in [0.25, 0.3) is 0 Å². The molecule has 1 aliphatic heterocycles. The molecule has 0 N–H and O–H groups in total. The average Bonchev–Trinajstić information content (AvgIpc) is 3.11. The molecule has 166 valence electrons. The summed E-state index contributed by atoms with van der Waals surface area (Å²) in [5, 5.41) is 0.119. The smallest absolute Gasteiger partial charge is 0.338 e. The topological polar surface area (TPSA) is 93.6 Å². The van der Waals surface area contributed by atoms with Gasteiger partial charge < -0.3 is 4.74 Å². The number of anilines is 1. The van der Waals surface area contributed by atoms with E-state index in [0.29, 0.717) is 16.3 Å². The van der Waals surface area contributed by atoms with Crippen LogP contribution in [0.25, 0.3) is 0 Å². The number of aryl methyl sites for hydroxylation is 1. The second-order valence-electron chi connectivity index (χ2n) is 7.46. The number of hydrogen-bond donors (Lipinski definition) is 0. The molecular weight excluding hydrogens is 440 g/mol. The summed E-state index contributed by atoms with van der Waals surface area (Å²) in [6, 6.07) is 18.3. The van der Waals surface area contributed by atoms with Crippen LogP contribution in [0, 0.1) is 6.92 Å². The van der Waals surface area contributed by atoms with Crippen molar-refractivity contribution < 1.29 is 23.9 Å². The molecule has 0 bridgehead atoms. The second kappa shape index (κ2) is 9.79. The van der Waals surface area contributed by atoms with Gasteiger partial charge in [-0.15, -0.1) is 0 Å². The molecular formula is C25H20N2O5S. The fourth-order valence-corrected chi connectivity index (χ4v) is 4.32. The van der Waals surface area contributed by atoms with Crippen LogP contribution in [-0.2, 0) is 14.3 Å². The molecule has 1 aromatic heterocycles. The Morgan fingerprint density at radius 3 is 2.36 bits per heavy atom. The minimum absolute atomic E-state index is 0.0744. The van der Waals surface area contributed by atoms with Gasteiger partial charge in [0.1, 0.15) is 0 Å². The Balaban J connectivity index is 1.37. The number of ketones is 1. The van der Waals surface area contributed by atoms with Crippen LogP contribution in [0.4, 0.5) is 5.69 Å². The molecule has 2 heterocycles. The maximum absolute atomic E-state index is 12.8. The molecule has 1 unspecified atom stereocenters. The lowest BCUT2D eigenvalue weighted by Crippen LogP contribution is -2.31. The van der Waals surface area contributed by atoms with Gasteiger partial charge in [0.15, 0.2) is 12.4 Å². The van der Waals surface area contributed by atoms with Crippen molar-refractivity contribution in [2.24, 2.45) is 0 Å². The van der Waals surface area contributed by atoms with E-state index in [0.717, 1.165) is 10.5 Å². The van der Waals surface area contributed by atoms with Crippen molar-refractivity contribution in [1.29, 1.82) is 0 Å². The molecule has 4 rings (SSSR count). The molecule has 3 aromatic rings. The molecule has 0 saturated carbocycles.